The second kappa shape index (κ2) is 6.18. The fraction of sp³-hybridized carbons (Fsp3) is 0.0556. The van der Waals surface area contributed by atoms with Crippen LogP contribution >= 0.6 is 11.6 Å². The topological polar surface area (TPSA) is 91.4 Å². The van der Waals surface area contributed by atoms with Crippen LogP contribution in [0.4, 0.5) is 5.69 Å². The van der Waals surface area contributed by atoms with E-state index < -0.39 is 10.0 Å². The number of para-hydroxylation sites is 1. The molecule has 0 spiro atoms. The van der Waals surface area contributed by atoms with Crippen molar-refractivity contribution in [2.24, 2.45) is 9.39 Å². The smallest absolute Gasteiger partial charge is 0.287 e. The summed E-state index contributed by atoms with van der Waals surface area (Å²) in [7, 11) is -3.77. The molecule has 0 N–H and O–H groups in total. The second-order valence-corrected chi connectivity index (χ2v) is 8.15. The molecule has 0 bridgehead atoms. The minimum Gasteiger partial charge on any atom is -0.444 e. The number of aromatic nitrogens is 1. The van der Waals surface area contributed by atoms with Crippen LogP contribution in [-0.4, -0.2) is 30.7 Å². The van der Waals surface area contributed by atoms with Gasteiger partial charge in [0.25, 0.3) is 16.0 Å². The van der Waals surface area contributed by atoms with Crippen molar-refractivity contribution in [1.29, 1.82) is 0 Å². The standard InChI is InChI=1S/C18H12ClN5O3S/c19-13-5-3-4-12(8-13)17-21-14(10-27-17)9-23-11-20-18-22-28(25,26)16-7-2-1-6-15(16)24(18)23/h1-8,10-11H,9H2. The maximum Gasteiger partial charge on any atom is 0.287 e. The molecule has 10 heteroatoms. The maximum atomic E-state index is 12.3. The van der Waals surface area contributed by atoms with Gasteiger partial charge in [0.1, 0.15) is 23.2 Å². The Morgan fingerprint density at radius 3 is 2.82 bits per heavy atom. The van der Waals surface area contributed by atoms with Gasteiger partial charge in [0.2, 0.25) is 5.89 Å². The predicted molar refractivity (Wildman–Crippen MR) is 105 cm³/mol. The Morgan fingerprint density at radius 1 is 1.11 bits per heavy atom. The monoisotopic (exact) mass is 413 g/mol. The molecule has 0 atom stereocenters. The highest BCUT2D eigenvalue weighted by molar-refractivity contribution is 7.90. The molecule has 3 aromatic rings. The summed E-state index contributed by atoms with van der Waals surface area (Å²) in [6, 6.07) is 13.9. The van der Waals surface area contributed by atoms with Gasteiger partial charge in [0, 0.05) is 10.6 Å². The first-order valence-corrected chi connectivity index (χ1v) is 10.1. The number of nitrogens with zero attached hydrogens (tertiary/aromatic N) is 5. The molecular formula is C18H12ClN5O3S. The van der Waals surface area contributed by atoms with Crippen LogP contribution in [0.2, 0.25) is 5.02 Å². The van der Waals surface area contributed by atoms with Gasteiger partial charge in [0.15, 0.2) is 0 Å². The summed E-state index contributed by atoms with van der Waals surface area (Å²) in [5.41, 5.74) is 1.91. The summed E-state index contributed by atoms with van der Waals surface area (Å²) >= 11 is 6.02. The second-order valence-electron chi connectivity index (χ2n) is 6.14. The summed E-state index contributed by atoms with van der Waals surface area (Å²) in [6.45, 7) is 0.320. The summed E-state index contributed by atoms with van der Waals surface area (Å²) in [5, 5.41) is 3.96. The lowest BCUT2D eigenvalue weighted by Gasteiger charge is -2.31. The van der Waals surface area contributed by atoms with E-state index in [1.165, 1.54) is 12.4 Å². The van der Waals surface area contributed by atoms with E-state index in [-0.39, 0.29) is 10.9 Å². The van der Waals surface area contributed by atoms with Gasteiger partial charge in [-0.15, -0.1) is 4.40 Å². The van der Waals surface area contributed by atoms with Crippen molar-refractivity contribution in [2.75, 3.05) is 5.01 Å². The largest absolute Gasteiger partial charge is 0.444 e. The number of oxazole rings is 1. The number of halogens is 1. The number of aliphatic imine (C=N–C) groups is 1. The maximum absolute atomic E-state index is 12.3. The van der Waals surface area contributed by atoms with Crippen LogP contribution in [0.5, 0.6) is 0 Å². The SMILES string of the molecule is O=S1(=O)N=C2N=CN(Cc3coc(-c4cccc(Cl)c4)n3)N2c2ccccc21. The number of hydrogen-bond acceptors (Lipinski definition) is 7. The third kappa shape index (κ3) is 2.76. The number of hydrazine groups is 1. The number of anilines is 1. The van der Waals surface area contributed by atoms with Gasteiger partial charge in [-0.2, -0.15) is 13.4 Å². The van der Waals surface area contributed by atoms with Crippen molar-refractivity contribution in [3.05, 3.63) is 65.5 Å². The molecule has 28 heavy (non-hydrogen) atoms. The zero-order valence-electron chi connectivity index (χ0n) is 14.2. The minimum absolute atomic E-state index is 0.0947. The van der Waals surface area contributed by atoms with E-state index in [1.807, 2.05) is 12.1 Å². The first-order valence-electron chi connectivity index (χ1n) is 8.26. The molecule has 2 aromatic carbocycles. The van der Waals surface area contributed by atoms with Crippen LogP contribution in [0, 0.1) is 0 Å². The Kier molecular flexibility index (Phi) is 3.74. The molecule has 3 heterocycles. The molecule has 0 fully saturated rings. The quantitative estimate of drug-likeness (QED) is 0.654. The van der Waals surface area contributed by atoms with Gasteiger partial charge in [-0.25, -0.2) is 9.99 Å². The number of benzene rings is 2. The third-order valence-corrected chi connectivity index (χ3v) is 5.81. The fourth-order valence-corrected chi connectivity index (χ4v) is 4.36. The lowest BCUT2D eigenvalue weighted by atomic mass is 10.2. The Labute approximate surface area is 165 Å². The molecule has 140 valence electrons. The van der Waals surface area contributed by atoms with E-state index in [4.69, 9.17) is 16.0 Å². The van der Waals surface area contributed by atoms with Crippen LogP contribution in [0.25, 0.3) is 11.5 Å². The first-order chi connectivity index (χ1) is 13.5. The van der Waals surface area contributed by atoms with Crippen LogP contribution < -0.4 is 5.01 Å². The molecule has 0 saturated heterocycles. The molecule has 0 aliphatic carbocycles. The number of fused-ring (bicyclic) bond motifs is 3. The molecule has 2 aliphatic heterocycles. The van der Waals surface area contributed by atoms with E-state index in [9.17, 15) is 8.42 Å². The van der Waals surface area contributed by atoms with Crippen molar-refractivity contribution in [2.45, 2.75) is 11.4 Å². The van der Waals surface area contributed by atoms with Gasteiger partial charge in [-0.05, 0) is 30.3 Å². The molecule has 0 radical (unpaired) electrons. The number of sulfonamides is 1. The average Bonchev–Trinajstić information content (AvgIpc) is 3.29. The molecule has 5 rings (SSSR count). The van der Waals surface area contributed by atoms with Gasteiger partial charge in [-0.1, -0.05) is 29.8 Å². The van der Waals surface area contributed by atoms with Crippen molar-refractivity contribution >= 4 is 39.6 Å². The predicted octanol–water partition coefficient (Wildman–Crippen LogP) is 3.32. The van der Waals surface area contributed by atoms with Gasteiger partial charge in [-0.3, -0.25) is 5.01 Å². The van der Waals surface area contributed by atoms with Crippen molar-refractivity contribution < 1.29 is 12.8 Å². The summed E-state index contributed by atoms with van der Waals surface area (Å²) in [6.07, 6.45) is 3.07. The average molecular weight is 414 g/mol. The van der Waals surface area contributed by atoms with Crippen LogP contribution in [0.15, 0.2) is 73.5 Å². The molecule has 0 unspecified atom stereocenters. The lowest BCUT2D eigenvalue weighted by Crippen LogP contribution is -2.42. The Hall–Kier alpha value is -3.17. The van der Waals surface area contributed by atoms with Gasteiger partial charge < -0.3 is 4.42 Å². The Balaban J connectivity index is 1.46. The summed E-state index contributed by atoms with van der Waals surface area (Å²) in [4.78, 5) is 8.76. The van der Waals surface area contributed by atoms with Crippen molar-refractivity contribution in [3.8, 4) is 11.5 Å². The van der Waals surface area contributed by atoms with E-state index >= 15 is 0 Å². The van der Waals surface area contributed by atoms with E-state index in [0.29, 0.717) is 28.8 Å². The highest BCUT2D eigenvalue weighted by atomic mass is 35.5. The van der Waals surface area contributed by atoms with E-state index in [0.717, 1.165) is 5.56 Å². The number of hydrogen-bond donors (Lipinski definition) is 0. The molecule has 0 saturated carbocycles. The number of rotatable bonds is 3. The van der Waals surface area contributed by atoms with Crippen molar-refractivity contribution in [3.63, 3.8) is 0 Å². The van der Waals surface area contributed by atoms with Crippen LogP contribution in [0.1, 0.15) is 5.69 Å². The molecule has 0 amide bonds. The summed E-state index contributed by atoms with van der Waals surface area (Å²) in [5.74, 6) is 0.543. The highest BCUT2D eigenvalue weighted by Gasteiger charge is 2.36. The normalized spacial score (nSPS) is 16.7. The summed E-state index contributed by atoms with van der Waals surface area (Å²) < 4.78 is 34.0. The minimum atomic E-state index is -3.77. The molecule has 2 aliphatic rings. The van der Waals surface area contributed by atoms with Crippen LogP contribution in [0.3, 0.4) is 0 Å². The van der Waals surface area contributed by atoms with Gasteiger partial charge in [0.05, 0.1) is 12.2 Å². The fourth-order valence-electron chi connectivity index (χ4n) is 3.07. The number of guanidine groups is 1. The van der Waals surface area contributed by atoms with E-state index in [1.54, 1.807) is 46.6 Å². The molecular weight excluding hydrogens is 402 g/mol. The zero-order valence-corrected chi connectivity index (χ0v) is 15.8. The lowest BCUT2D eigenvalue weighted by molar-refractivity contribution is 0.444. The zero-order chi connectivity index (χ0) is 19.3. The Bertz CT molecular complexity index is 1250. The van der Waals surface area contributed by atoms with Crippen LogP contribution in [-0.2, 0) is 16.6 Å². The van der Waals surface area contributed by atoms with Crippen molar-refractivity contribution in [1.82, 2.24) is 9.99 Å². The molecule has 8 nitrogen and oxygen atoms in total. The third-order valence-electron chi connectivity index (χ3n) is 4.27. The Morgan fingerprint density at radius 2 is 1.96 bits per heavy atom. The van der Waals surface area contributed by atoms with E-state index in [2.05, 4.69) is 14.4 Å². The first kappa shape index (κ1) is 17.0. The highest BCUT2D eigenvalue weighted by Crippen LogP contribution is 2.34. The molecule has 1 aromatic heterocycles. The van der Waals surface area contributed by atoms with Gasteiger partial charge >= 0.3 is 0 Å².